The molecule has 2 aromatic heterocycles. The number of rotatable bonds is 7. The molecule has 1 N–H and O–H groups in total. The maximum Gasteiger partial charge on any atom is 0.253 e. The number of hydrogen-bond acceptors (Lipinski definition) is 4. The third kappa shape index (κ3) is 3.71. The number of nitrogens with one attached hydrogen (secondary N) is 1. The highest BCUT2D eigenvalue weighted by Gasteiger charge is 2.17. The number of nitrogens with zero attached hydrogens (tertiary/aromatic N) is 2. The Balaban J connectivity index is 2.04. The lowest BCUT2D eigenvalue weighted by Gasteiger charge is -2.07. The molecule has 0 spiro atoms. The molecule has 0 saturated carbocycles. The summed E-state index contributed by atoms with van der Waals surface area (Å²) in [7, 11) is 0. The molecule has 0 bridgehead atoms. The third-order valence-electron chi connectivity index (χ3n) is 3.24. The predicted octanol–water partition coefficient (Wildman–Crippen LogP) is 2.71. The second-order valence-corrected chi connectivity index (χ2v) is 5.61. The molecule has 6 heteroatoms. The molecule has 0 aliphatic rings. The molecule has 0 atom stereocenters. The third-order valence-corrected chi connectivity index (χ3v) is 4.00. The molecule has 0 aliphatic carbocycles. The SMILES string of the molecule is CCOCCCNC(=O)c1cc(C)n(-c2nccs2)c1C. The van der Waals surface area contributed by atoms with Crippen LogP contribution in [0.5, 0.6) is 0 Å². The van der Waals surface area contributed by atoms with Gasteiger partial charge in [-0.05, 0) is 33.3 Å². The molecule has 2 heterocycles. The van der Waals surface area contributed by atoms with E-state index in [9.17, 15) is 4.79 Å². The largest absolute Gasteiger partial charge is 0.382 e. The Bertz CT molecular complexity index is 590. The maximum atomic E-state index is 12.3. The normalized spacial score (nSPS) is 10.8. The zero-order valence-corrected chi connectivity index (χ0v) is 13.5. The van der Waals surface area contributed by atoms with E-state index in [1.807, 2.05) is 36.8 Å². The van der Waals surface area contributed by atoms with Crippen LogP contribution in [0, 0.1) is 13.8 Å². The summed E-state index contributed by atoms with van der Waals surface area (Å²) >= 11 is 1.56. The maximum absolute atomic E-state index is 12.3. The van der Waals surface area contributed by atoms with Gasteiger partial charge in [0.05, 0.1) is 5.56 Å². The van der Waals surface area contributed by atoms with E-state index in [-0.39, 0.29) is 5.91 Å². The highest BCUT2D eigenvalue weighted by molar-refractivity contribution is 7.12. The Hall–Kier alpha value is -1.66. The van der Waals surface area contributed by atoms with Crippen LogP contribution in [0.3, 0.4) is 0 Å². The van der Waals surface area contributed by atoms with E-state index >= 15 is 0 Å². The lowest BCUT2D eigenvalue weighted by molar-refractivity contribution is 0.0943. The Morgan fingerprint density at radius 1 is 1.48 bits per heavy atom. The van der Waals surface area contributed by atoms with Crippen LogP contribution < -0.4 is 5.32 Å². The molecular weight excluding hydrogens is 286 g/mol. The Morgan fingerprint density at radius 2 is 2.29 bits per heavy atom. The minimum absolute atomic E-state index is 0.0394. The van der Waals surface area contributed by atoms with Gasteiger partial charge in [-0.25, -0.2) is 4.98 Å². The van der Waals surface area contributed by atoms with Crippen molar-refractivity contribution in [2.24, 2.45) is 0 Å². The number of ether oxygens (including phenoxy) is 1. The first kappa shape index (κ1) is 15.7. The van der Waals surface area contributed by atoms with Crippen LogP contribution >= 0.6 is 11.3 Å². The first-order valence-corrected chi connectivity index (χ1v) is 7.97. The van der Waals surface area contributed by atoms with Crippen molar-refractivity contribution in [3.8, 4) is 5.13 Å². The molecule has 2 rings (SSSR count). The number of aryl methyl sites for hydroxylation is 1. The van der Waals surface area contributed by atoms with Crippen LogP contribution in [0.1, 0.15) is 35.1 Å². The summed E-state index contributed by atoms with van der Waals surface area (Å²) in [6.07, 6.45) is 2.59. The van der Waals surface area contributed by atoms with Crippen LogP contribution in [-0.4, -0.2) is 35.2 Å². The van der Waals surface area contributed by atoms with Crippen LogP contribution in [0.2, 0.25) is 0 Å². The molecule has 0 aliphatic heterocycles. The minimum Gasteiger partial charge on any atom is -0.382 e. The van der Waals surface area contributed by atoms with Gasteiger partial charge in [0.25, 0.3) is 5.91 Å². The monoisotopic (exact) mass is 307 g/mol. The molecule has 114 valence electrons. The Morgan fingerprint density at radius 3 is 2.95 bits per heavy atom. The number of hydrogen-bond donors (Lipinski definition) is 1. The molecule has 0 saturated heterocycles. The van der Waals surface area contributed by atoms with Gasteiger partial charge in [-0.3, -0.25) is 9.36 Å². The number of thiazole rings is 1. The zero-order chi connectivity index (χ0) is 15.2. The van der Waals surface area contributed by atoms with E-state index in [2.05, 4.69) is 10.3 Å². The lowest BCUT2D eigenvalue weighted by atomic mass is 10.2. The number of amides is 1. The van der Waals surface area contributed by atoms with Crippen LogP contribution in [0.15, 0.2) is 17.6 Å². The average molecular weight is 307 g/mol. The van der Waals surface area contributed by atoms with Crippen molar-refractivity contribution < 1.29 is 9.53 Å². The summed E-state index contributed by atoms with van der Waals surface area (Å²) in [5, 5.41) is 5.76. The fourth-order valence-electron chi connectivity index (χ4n) is 2.23. The molecule has 0 aromatic carbocycles. The second kappa shape index (κ2) is 7.38. The van der Waals surface area contributed by atoms with Crippen molar-refractivity contribution in [2.75, 3.05) is 19.8 Å². The quantitative estimate of drug-likeness (QED) is 0.800. The first-order chi connectivity index (χ1) is 10.1. The number of carbonyl (C=O) groups is 1. The van der Waals surface area contributed by atoms with Gasteiger partial charge in [-0.1, -0.05) is 0 Å². The summed E-state index contributed by atoms with van der Waals surface area (Å²) in [6, 6.07) is 1.91. The van der Waals surface area contributed by atoms with Gasteiger partial charge in [0.2, 0.25) is 0 Å². The van der Waals surface area contributed by atoms with Crippen molar-refractivity contribution in [1.29, 1.82) is 0 Å². The number of aromatic nitrogens is 2. The van der Waals surface area contributed by atoms with Gasteiger partial charge in [-0.2, -0.15) is 0 Å². The van der Waals surface area contributed by atoms with Crippen molar-refractivity contribution >= 4 is 17.2 Å². The van der Waals surface area contributed by atoms with Gasteiger partial charge in [-0.15, -0.1) is 11.3 Å². The lowest BCUT2D eigenvalue weighted by Crippen LogP contribution is -2.25. The summed E-state index contributed by atoms with van der Waals surface area (Å²) < 4.78 is 7.27. The molecule has 21 heavy (non-hydrogen) atoms. The fourth-order valence-corrected chi connectivity index (χ4v) is 2.98. The van der Waals surface area contributed by atoms with E-state index in [0.717, 1.165) is 22.9 Å². The van der Waals surface area contributed by atoms with Crippen LogP contribution in [0.4, 0.5) is 0 Å². The molecule has 0 fully saturated rings. The van der Waals surface area contributed by atoms with Crippen molar-refractivity contribution in [1.82, 2.24) is 14.9 Å². The predicted molar refractivity (Wildman–Crippen MR) is 84.4 cm³/mol. The van der Waals surface area contributed by atoms with Gasteiger partial charge in [0.15, 0.2) is 5.13 Å². The topological polar surface area (TPSA) is 56.1 Å². The molecule has 1 amide bonds. The van der Waals surface area contributed by atoms with Crippen LogP contribution in [0.25, 0.3) is 5.13 Å². The van der Waals surface area contributed by atoms with Crippen molar-refractivity contribution in [3.05, 3.63) is 34.6 Å². The Labute approximate surface area is 129 Å². The molecule has 0 unspecified atom stereocenters. The Kier molecular flexibility index (Phi) is 5.52. The summed E-state index contributed by atoms with van der Waals surface area (Å²) in [4.78, 5) is 16.6. The average Bonchev–Trinajstić information content (AvgIpc) is 3.06. The van der Waals surface area contributed by atoms with E-state index < -0.39 is 0 Å². The van der Waals surface area contributed by atoms with Gasteiger partial charge < -0.3 is 10.1 Å². The summed E-state index contributed by atoms with van der Waals surface area (Å²) in [5.41, 5.74) is 2.64. The fraction of sp³-hybridized carbons (Fsp3) is 0.467. The highest BCUT2D eigenvalue weighted by Crippen LogP contribution is 2.22. The van der Waals surface area contributed by atoms with Crippen molar-refractivity contribution in [2.45, 2.75) is 27.2 Å². The van der Waals surface area contributed by atoms with Gasteiger partial charge in [0, 0.05) is 42.7 Å². The van der Waals surface area contributed by atoms with E-state index in [0.29, 0.717) is 25.3 Å². The number of carbonyl (C=O) groups excluding carboxylic acids is 1. The summed E-state index contributed by atoms with van der Waals surface area (Å²) in [6.45, 7) is 7.91. The molecule has 2 aromatic rings. The smallest absolute Gasteiger partial charge is 0.253 e. The standard InChI is InChI=1S/C15H21N3O2S/c1-4-20-8-5-6-16-14(19)13-10-11(2)18(12(13)3)15-17-7-9-21-15/h7,9-10H,4-6,8H2,1-3H3,(H,16,19). The van der Waals surface area contributed by atoms with Gasteiger partial charge in [0.1, 0.15) is 0 Å². The van der Waals surface area contributed by atoms with Gasteiger partial charge >= 0.3 is 0 Å². The van der Waals surface area contributed by atoms with E-state index in [1.54, 1.807) is 17.5 Å². The van der Waals surface area contributed by atoms with Crippen LogP contribution in [-0.2, 0) is 4.74 Å². The van der Waals surface area contributed by atoms with E-state index in [4.69, 9.17) is 4.74 Å². The zero-order valence-electron chi connectivity index (χ0n) is 12.7. The first-order valence-electron chi connectivity index (χ1n) is 7.10. The summed E-state index contributed by atoms with van der Waals surface area (Å²) in [5.74, 6) is -0.0394. The second-order valence-electron chi connectivity index (χ2n) is 4.74. The molecule has 0 radical (unpaired) electrons. The molecular formula is C15H21N3O2S. The van der Waals surface area contributed by atoms with E-state index in [1.165, 1.54) is 0 Å². The highest BCUT2D eigenvalue weighted by atomic mass is 32.1. The van der Waals surface area contributed by atoms with Crippen molar-refractivity contribution in [3.63, 3.8) is 0 Å². The molecule has 5 nitrogen and oxygen atoms in total. The minimum atomic E-state index is -0.0394.